The molecule has 0 aromatic heterocycles. The van der Waals surface area contributed by atoms with Gasteiger partial charge in [-0.25, -0.2) is 9.59 Å². The zero-order valence-electron chi connectivity index (χ0n) is 15.4. The van der Waals surface area contributed by atoms with E-state index in [1.54, 1.807) is 55.6 Å². The summed E-state index contributed by atoms with van der Waals surface area (Å²) in [5, 5.41) is 9.73. The molecule has 0 radical (unpaired) electrons. The minimum atomic E-state index is -1.24. The fourth-order valence-electron chi connectivity index (χ4n) is 3.17. The van der Waals surface area contributed by atoms with Gasteiger partial charge in [-0.1, -0.05) is 55.1 Å². The Kier molecular flexibility index (Phi) is 5.96. The van der Waals surface area contributed by atoms with Gasteiger partial charge in [-0.05, 0) is 17.7 Å². The van der Waals surface area contributed by atoms with Crippen molar-refractivity contribution in [2.75, 3.05) is 13.7 Å². The van der Waals surface area contributed by atoms with E-state index in [1.165, 1.54) is 11.0 Å². The molecule has 1 amide bonds. The number of hydrogen-bond acceptors (Lipinski definition) is 5. The number of carboxylic acids is 1. The average Bonchev–Trinajstić information content (AvgIpc) is 3.13. The number of rotatable bonds is 6. The van der Waals surface area contributed by atoms with Crippen LogP contribution in [0.2, 0.25) is 0 Å². The fourth-order valence-corrected chi connectivity index (χ4v) is 3.17. The largest absolute Gasteiger partial charge is 0.497 e. The molecule has 7 nitrogen and oxygen atoms in total. The molecule has 7 heteroatoms. The summed E-state index contributed by atoms with van der Waals surface area (Å²) in [6, 6.07) is 14.9. The lowest BCUT2D eigenvalue weighted by Crippen LogP contribution is -2.37. The number of nitrogens with zero attached hydrogens (tertiary/aromatic N) is 1. The molecule has 1 saturated heterocycles. The van der Waals surface area contributed by atoms with Crippen LogP contribution in [0.25, 0.3) is 0 Å². The van der Waals surface area contributed by atoms with Crippen molar-refractivity contribution in [2.45, 2.75) is 18.4 Å². The number of carbonyl (C=O) groups is 2. The van der Waals surface area contributed by atoms with Crippen LogP contribution in [0, 0.1) is 0 Å². The first-order chi connectivity index (χ1) is 13.6. The summed E-state index contributed by atoms with van der Waals surface area (Å²) in [7, 11) is 1.55. The molecule has 3 rings (SSSR count). The van der Waals surface area contributed by atoms with Gasteiger partial charge < -0.3 is 19.3 Å². The molecule has 1 fully saturated rings. The Hall–Kier alpha value is -3.32. The zero-order valence-corrected chi connectivity index (χ0v) is 15.4. The summed E-state index contributed by atoms with van der Waals surface area (Å²) in [6.45, 7) is 3.54. The van der Waals surface area contributed by atoms with E-state index < -0.39 is 30.4 Å². The normalized spacial score (nSPS) is 21.2. The van der Waals surface area contributed by atoms with E-state index in [9.17, 15) is 14.7 Å². The van der Waals surface area contributed by atoms with Crippen LogP contribution >= 0.6 is 0 Å². The van der Waals surface area contributed by atoms with Gasteiger partial charge in [0.2, 0.25) is 0 Å². The lowest BCUT2D eigenvalue weighted by atomic mass is 10.0. The van der Waals surface area contributed by atoms with Gasteiger partial charge in [0, 0.05) is 5.56 Å². The molecule has 1 unspecified atom stereocenters. The van der Waals surface area contributed by atoms with Crippen molar-refractivity contribution in [3.05, 3.63) is 78.4 Å². The van der Waals surface area contributed by atoms with Gasteiger partial charge in [0.1, 0.15) is 18.4 Å². The van der Waals surface area contributed by atoms with Crippen molar-refractivity contribution in [3.8, 4) is 5.75 Å². The Labute approximate surface area is 162 Å². The minimum Gasteiger partial charge on any atom is -0.497 e. The first-order valence-electron chi connectivity index (χ1n) is 8.70. The second-order valence-corrected chi connectivity index (χ2v) is 6.15. The van der Waals surface area contributed by atoms with Crippen LogP contribution in [0.1, 0.15) is 23.4 Å². The Morgan fingerprint density at radius 1 is 1.14 bits per heavy atom. The molecule has 2 aromatic carbocycles. The van der Waals surface area contributed by atoms with E-state index in [4.69, 9.17) is 14.2 Å². The highest BCUT2D eigenvalue weighted by atomic mass is 16.6. The van der Waals surface area contributed by atoms with Crippen molar-refractivity contribution in [2.24, 2.45) is 0 Å². The Balaban J connectivity index is 2.04. The number of benzene rings is 2. The maximum atomic E-state index is 12.8. The summed E-state index contributed by atoms with van der Waals surface area (Å²) < 4.78 is 16.2. The smallest absolute Gasteiger partial charge is 0.413 e. The Bertz CT molecular complexity index is 836. The molecule has 0 aliphatic carbocycles. The van der Waals surface area contributed by atoms with Crippen molar-refractivity contribution in [1.82, 2.24) is 4.90 Å². The van der Waals surface area contributed by atoms with E-state index in [2.05, 4.69) is 6.58 Å². The second-order valence-electron chi connectivity index (χ2n) is 6.15. The highest BCUT2D eigenvalue weighted by molar-refractivity contribution is 5.77. The van der Waals surface area contributed by atoms with E-state index >= 15 is 0 Å². The molecule has 146 valence electrons. The van der Waals surface area contributed by atoms with Crippen LogP contribution in [0.3, 0.4) is 0 Å². The first kappa shape index (κ1) is 19.4. The van der Waals surface area contributed by atoms with Crippen molar-refractivity contribution in [3.63, 3.8) is 0 Å². The SMILES string of the molecule is C=CCOC(=O)N1C(c2ccc(OC)cc2)O[C@@H](C(=O)O)[C@@H]1c1ccccc1. The van der Waals surface area contributed by atoms with E-state index in [1.807, 2.05) is 6.07 Å². The first-order valence-corrected chi connectivity index (χ1v) is 8.70. The fraction of sp³-hybridized carbons (Fsp3) is 0.238. The lowest BCUT2D eigenvalue weighted by molar-refractivity contribution is -0.150. The summed E-state index contributed by atoms with van der Waals surface area (Å²) in [5.74, 6) is -0.525. The van der Waals surface area contributed by atoms with Crippen molar-refractivity contribution >= 4 is 12.1 Å². The summed E-state index contributed by atoms with van der Waals surface area (Å²) in [5.41, 5.74) is 1.25. The van der Waals surface area contributed by atoms with E-state index in [-0.39, 0.29) is 6.61 Å². The van der Waals surface area contributed by atoms with Crippen LogP contribution in [-0.4, -0.2) is 41.9 Å². The van der Waals surface area contributed by atoms with Crippen LogP contribution in [0.5, 0.6) is 5.75 Å². The monoisotopic (exact) mass is 383 g/mol. The number of amides is 1. The van der Waals surface area contributed by atoms with Gasteiger partial charge in [-0.3, -0.25) is 4.90 Å². The summed E-state index contributed by atoms with van der Waals surface area (Å²) in [6.07, 6.45) is -1.40. The van der Waals surface area contributed by atoms with Gasteiger partial charge in [0.15, 0.2) is 12.3 Å². The highest BCUT2D eigenvalue weighted by Crippen LogP contribution is 2.43. The number of carboxylic acid groups (broad SMARTS) is 1. The number of aliphatic carboxylic acids is 1. The number of methoxy groups -OCH3 is 1. The molecular formula is C21H21NO6. The highest BCUT2D eigenvalue weighted by Gasteiger charge is 2.50. The Morgan fingerprint density at radius 3 is 2.39 bits per heavy atom. The molecule has 1 heterocycles. The molecular weight excluding hydrogens is 362 g/mol. The minimum absolute atomic E-state index is 0.00388. The van der Waals surface area contributed by atoms with E-state index in [0.29, 0.717) is 16.9 Å². The molecule has 2 aromatic rings. The maximum absolute atomic E-state index is 12.8. The van der Waals surface area contributed by atoms with Gasteiger partial charge >= 0.3 is 12.1 Å². The van der Waals surface area contributed by atoms with Crippen molar-refractivity contribution in [1.29, 1.82) is 0 Å². The molecule has 3 atom stereocenters. The van der Waals surface area contributed by atoms with Gasteiger partial charge in [-0.2, -0.15) is 0 Å². The van der Waals surface area contributed by atoms with Crippen molar-refractivity contribution < 1.29 is 28.9 Å². The third-order valence-electron chi connectivity index (χ3n) is 4.44. The second kappa shape index (κ2) is 8.58. The van der Waals surface area contributed by atoms with Gasteiger partial charge in [-0.15, -0.1) is 0 Å². The van der Waals surface area contributed by atoms with Crippen LogP contribution in [-0.2, 0) is 14.3 Å². The average molecular weight is 383 g/mol. The summed E-state index contributed by atoms with van der Waals surface area (Å²) in [4.78, 5) is 26.0. The van der Waals surface area contributed by atoms with Crippen LogP contribution < -0.4 is 4.74 Å². The molecule has 28 heavy (non-hydrogen) atoms. The van der Waals surface area contributed by atoms with Crippen LogP contribution in [0.4, 0.5) is 4.79 Å². The third-order valence-corrected chi connectivity index (χ3v) is 4.44. The number of hydrogen-bond donors (Lipinski definition) is 1. The number of carbonyl (C=O) groups excluding carboxylic acids is 1. The van der Waals surface area contributed by atoms with Crippen LogP contribution in [0.15, 0.2) is 67.3 Å². The molecule has 0 bridgehead atoms. The topological polar surface area (TPSA) is 85.3 Å². The van der Waals surface area contributed by atoms with Gasteiger partial charge in [0.05, 0.1) is 7.11 Å². The molecule has 0 spiro atoms. The van der Waals surface area contributed by atoms with E-state index in [0.717, 1.165) is 0 Å². The van der Waals surface area contributed by atoms with Gasteiger partial charge in [0.25, 0.3) is 0 Å². The zero-order chi connectivity index (χ0) is 20.1. The molecule has 1 N–H and O–H groups in total. The maximum Gasteiger partial charge on any atom is 0.413 e. The predicted octanol–water partition coefficient (Wildman–Crippen LogP) is 3.54. The molecule has 1 aliphatic rings. The summed E-state index contributed by atoms with van der Waals surface area (Å²) >= 11 is 0. The lowest BCUT2D eigenvalue weighted by Gasteiger charge is -2.28. The molecule has 1 aliphatic heterocycles. The standard InChI is InChI=1S/C21H21NO6/c1-3-13-27-21(25)22-17(14-7-5-4-6-8-14)18(20(23)24)28-19(22)15-9-11-16(26-2)12-10-15/h3-12,17-19H,1,13H2,2H3,(H,23,24)/t17-,18+,19?/m0/s1. The predicted molar refractivity (Wildman–Crippen MR) is 101 cm³/mol. The molecule has 0 saturated carbocycles. The Morgan fingerprint density at radius 2 is 1.82 bits per heavy atom. The quantitative estimate of drug-likeness (QED) is 0.768. The number of ether oxygens (including phenoxy) is 3. The third kappa shape index (κ3) is 3.84.